The number of esters is 1. The van der Waals surface area contributed by atoms with Gasteiger partial charge in [-0.15, -0.1) is 0 Å². The molecule has 1 heterocycles. The van der Waals surface area contributed by atoms with Crippen LogP contribution in [0.4, 0.5) is 5.69 Å². The van der Waals surface area contributed by atoms with E-state index in [9.17, 15) is 14.4 Å². The highest BCUT2D eigenvalue weighted by atomic mass is 35.5. The number of amides is 2. The fourth-order valence-corrected chi connectivity index (χ4v) is 3.03. The standard InChI is InChI=1S/C20H18ClN2O5/c1-13(24)27-8-9-28-15-6-7-16(17(21)10-15)20(26)23-12-19(25)22-11-14-4-2-3-5-18(14)23/h2-7,10H,8-9,11-12H2,1H3. The summed E-state index contributed by atoms with van der Waals surface area (Å²) < 4.78 is 10.2. The van der Waals surface area contributed by atoms with E-state index in [1.54, 1.807) is 24.3 Å². The van der Waals surface area contributed by atoms with Gasteiger partial charge in [0, 0.05) is 12.6 Å². The number of nitrogens with zero attached hydrogens (tertiary/aromatic N) is 2. The number of hydrogen-bond donors (Lipinski definition) is 0. The van der Waals surface area contributed by atoms with Crippen molar-refractivity contribution in [2.75, 3.05) is 24.7 Å². The summed E-state index contributed by atoms with van der Waals surface area (Å²) in [6.45, 7) is 1.69. The molecule has 0 spiro atoms. The van der Waals surface area contributed by atoms with Crippen molar-refractivity contribution in [3.05, 3.63) is 58.6 Å². The second-order valence-corrected chi connectivity index (χ2v) is 6.47. The Hall–Kier alpha value is -3.06. The van der Waals surface area contributed by atoms with Crippen molar-refractivity contribution in [3.8, 4) is 5.75 Å². The third-order valence-corrected chi connectivity index (χ3v) is 4.39. The van der Waals surface area contributed by atoms with Crippen molar-refractivity contribution in [3.63, 3.8) is 0 Å². The van der Waals surface area contributed by atoms with E-state index < -0.39 is 5.91 Å². The molecule has 28 heavy (non-hydrogen) atoms. The van der Waals surface area contributed by atoms with E-state index in [0.717, 1.165) is 5.56 Å². The van der Waals surface area contributed by atoms with Gasteiger partial charge in [0.05, 0.1) is 17.1 Å². The van der Waals surface area contributed by atoms with Gasteiger partial charge in [0.1, 0.15) is 25.5 Å². The van der Waals surface area contributed by atoms with Crippen LogP contribution in [-0.4, -0.2) is 37.5 Å². The Balaban J connectivity index is 1.78. The molecule has 0 aliphatic carbocycles. The summed E-state index contributed by atoms with van der Waals surface area (Å²) in [4.78, 5) is 37.2. The molecule has 7 nitrogen and oxygen atoms in total. The Kier molecular flexibility index (Phi) is 6.16. The summed E-state index contributed by atoms with van der Waals surface area (Å²) in [6, 6.07) is 11.9. The van der Waals surface area contributed by atoms with E-state index in [-0.39, 0.29) is 48.8 Å². The van der Waals surface area contributed by atoms with Gasteiger partial charge in [-0.2, -0.15) is 0 Å². The fourth-order valence-electron chi connectivity index (χ4n) is 2.78. The van der Waals surface area contributed by atoms with Crippen LogP contribution in [-0.2, 0) is 20.9 Å². The van der Waals surface area contributed by atoms with Crippen LogP contribution in [0.3, 0.4) is 0 Å². The molecule has 3 rings (SSSR count). The molecule has 2 amide bonds. The number of carbonyl (C=O) groups excluding carboxylic acids is 3. The summed E-state index contributed by atoms with van der Waals surface area (Å²) in [7, 11) is 0. The molecule has 2 aromatic rings. The topological polar surface area (TPSA) is 87.0 Å². The third-order valence-electron chi connectivity index (χ3n) is 4.08. The van der Waals surface area contributed by atoms with E-state index in [1.807, 2.05) is 12.1 Å². The number of anilines is 1. The normalized spacial score (nSPS) is 13.2. The minimum Gasteiger partial charge on any atom is -0.490 e. The SMILES string of the molecule is CC(=O)OCCOc1ccc(C(=O)N2CC(=O)[N]Cc3ccccc32)c(Cl)c1. The zero-order valence-electron chi connectivity index (χ0n) is 15.2. The van der Waals surface area contributed by atoms with Crippen molar-refractivity contribution in [2.45, 2.75) is 13.5 Å². The van der Waals surface area contributed by atoms with Gasteiger partial charge in [0.25, 0.3) is 11.8 Å². The first-order chi connectivity index (χ1) is 13.5. The van der Waals surface area contributed by atoms with E-state index in [1.165, 1.54) is 17.9 Å². The maximum atomic E-state index is 13.1. The summed E-state index contributed by atoms with van der Waals surface area (Å²) in [5.41, 5.74) is 1.68. The predicted molar refractivity (Wildman–Crippen MR) is 103 cm³/mol. The molecular formula is C20H18ClN2O5. The van der Waals surface area contributed by atoms with Gasteiger partial charge in [0.15, 0.2) is 0 Å². The number of para-hydroxylation sites is 1. The van der Waals surface area contributed by atoms with Gasteiger partial charge in [-0.25, -0.2) is 5.32 Å². The maximum absolute atomic E-state index is 13.1. The largest absolute Gasteiger partial charge is 0.490 e. The molecule has 1 aliphatic heterocycles. The number of halogens is 1. The average molecular weight is 402 g/mol. The highest BCUT2D eigenvalue weighted by Crippen LogP contribution is 2.28. The lowest BCUT2D eigenvalue weighted by Crippen LogP contribution is -2.36. The van der Waals surface area contributed by atoms with E-state index in [2.05, 4.69) is 5.32 Å². The number of carbonyl (C=O) groups is 3. The Morgan fingerprint density at radius 1 is 1.18 bits per heavy atom. The zero-order valence-corrected chi connectivity index (χ0v) is 15.9. The lowest BCUT2D eigenvalue weighted by Gasteiger charge is -2.22. The minimum absolute atomic E-state index is 0.115. The maximum Gasteiger partial charge on any atom is 0.302 e. The molecule has 0 bridgehead atoms. The highest BCUT2D eigenvalue weighted by molar-refractivity contribution is 6.34. The Bertz CT molecular complexity index is 915. The van der Waals surface area contributed by atoms with Gasteiger partial charge in [-0.05, 0) is 29.8 Å². The van der Waals surface area contributed by atoms with Gasteiger partial charge in [-0.1, -0.05) is 29.8 Å². The fraction of sp³-hybridized carbons (Fsp3) is 0.250. The molecule has 1 radical (unpaired) electrons. The van der Waals surface area contributed by atoms with E-state index in [0.29, 0.717) is 11.4 Å². The van der Waals surface area contributed by atoms with Crippen molar-refractivity contribution in [2.24, 2.45) is 0 Å². The molecule has 0 N–H and O–H groups in total. The number of ether oxygens (including phenoxy) is 2. The van der Waals surface area contributed by atoms with Crippen molar-refractivity contribution < 1.29 is 23.9 Å². The molecule has 8 heteroatoms. The van der Waals surface area contributed by atoms with Crippen LogP contribution in [0.15, 0.2) is 42.5 Å². The van der Waals surface area contributed by atoms with Gasteiger partial charge in [0.2, 0.25) is 0 Å². The van der Waals surface area contributed by atoms with Crippen LogP contribution < -0.4 is 15.0 Å². The van der Waals surface area contributed by atoms with Gasteiger partial charge >= 0.3 is 5.97 Å². The monoisotopic (exact) mass is 401 g/mol. The lowest BCUT2D eigenvalue weighted by molar-refractivity contribution is -0.141. The molecule has 0 fully saturated rings. The van der Waals surface area contributed by atoms with E-state index >= 15 is 0 Å². The van der Waals surface area contributed by atoms with Crippen LogP contribution in [0, 0.1) is 0 Å². The smallest absolute Gasteiger partial charge is 0.302 e. The number of hydrogen-bond acceptors (Lipinski definition) is 5. The molecule has 1 aliphatic rings. The molecule has 0 aromatic heterocycles. The quantitative estimate of drug-likeness (QED) is 0.567. The first-order valence-corrected chi connectivity index (χ1v) is 8.99. The third kappa shape index (κ3) is 4.61. The van der Waals surface area contributed by atoms with Crippen molar-refractivity contribution in [1.82, 2.24) is 5.32 Å². The van der Waals surface area contributed by atoms with Crippen LogP contribution in [0.25, 0.3) is 0 Å². The molecule has 0 unspecified atom stereocenters. The summed E-state index contributed by atoms with van der Waals surface area (Å²) in [5, 5.41) is 4.16. The first kappa shape index (κ1) is 19.7. The molecule has 0 atom stereocenters. The van der Waals surface area contributed by atoms with Crippen molar-refractivity contribution >= 4 is 35.1 Å². The summed E-state index contributed by atoms with van der Waals surface area (Å²) in [5.74, 6) is -0.710. The van der Waals surface area contributed by atoms with Crippen LogP contribution in [0.1, 0.15) is 22.8 Å². The second-order valence-electron chi connectivity index (χ2n) is 6.06. The molecule has 2 aromatic carbocycles. The van der Waals surface area contributed by atoms with Gasteiger partial charge in [-0.3, -0.25) is 19.3 Å². The Labute approximate surface area is 167 Å². The minimum atomic E-state index is -0.394. The number of rotatable bonds is 5. The van der Waals surface area contributed by atoms with Gasteiger partial charge < -0.3 is 9.47 Å². The lowest BCUT2D eigenvalue weighted by atomic mass is 10.1. The Morgan fingerprint density at radius 3 is 2.71 bits per heavy atom. The highest BCUT2D eigenvalue weighted by Gasteiger charge is 2.27. The molecule has 0 saturated heterocycles. The second kappa shape index (κ2) is 8.75. The van der Waals surface area contributed by atoms with Crippen LogP contribution in [0.2, 0.25) is 5.02 Å². The summed E-state index contributed by atoms with van der Waals surface area (Å²) in [6.07, 6.45) is 0. The number of fused-ring (bicyclic) bond motifs is 1. The predicted octanol–water partition coefficient (Wildman–Crippen LogP) is 2.57. The van der Waals surface area contributed by atoms with Crippen LogP contribution in [0.5, 0.6) is 5.75 Å². The average Bonchev–Trinajstić information content (AvgIpc) is 2.84. The van der Waals surface area contributed by atoms with Crippen LogP contribution >= 0.6 is 11.6 Å². The zero-order chi connectivity index (χ0) is 20.1. The first-order valence-electron chi connectivity index (χ1n) is 8.61. The molecule has 145 valence electrons. The number of benzene rings is 2. The molecule has 0 saturated carbocycles. The summed E-state index contributed by atoms with van der Waals surface area (Å²) >= 11 is 6.29. The molecular weight excluding hydrogens is 384 g/mol. The van der Waals surface area contributed by atoms with Crippen molar-refractivity contribution in [1.29, 1.82) is 0 Å². The Morgan fingerprint density at radius 2 is 1.96 bits per heavy atom. The van der Waals surface area contributed by atoms with E-state index in [4.69, 9.17) is 21.1 Å².